The summed E-state index contributed by atoms with van der Waals surface area (Å²) in [7, 11) is 0. The van der Waals surface area contributed by atoms with E-state index >= 15 is 0 Å². The van der Waals surface area contributed by atoms with Crippen molar-refractivity contribution in [2.45, 2.75) is 78.1 Å². The molecular weight excluding hydrogens is 248 g/mol. The molecule has 0 aliphatic rings. The summed E-state index contributed by atoms with van der Waals surface area (Å²) in [5.41, 5.74) is 0. The Morgan fingerprint density at radius 3 is 2.00 bits per heavy atom. The molecule has 0 amide bonds. The number of esters is 1. The Balaban J connectivity index is 3.11. The Bertz CT molecular complexity index is 267. The second-order valence-corrected chi connectivity index (χ2v) is 5.25. The van der Waals surface area contributed by atoms with Gasteiger partial charge < -0.3 is 4.74 Å². The van der Waals surface area contributed by atoms with Gasteiger partial charge in [-0.1, -0.05) is 69.8 Å². The molecule has 2 heteroatoms. The van der Waals surface area contributed by atoms with Gasteiger partial charge in [0.25, 0.3) is 0 Å². The first-order valence-electron chi connectivity index (χ1n) is 8.22. The van der Waals surface area contributed by atoms with E-state index in [-0.39, 0.29) is 5.97 Å². The molecule has 20 heavy (non-hydrogen) atoms. The first-order valence-corrected chi connectivity index (χ1v) is 8.22. The van der Waals surface area contributed by atoms with E-state index in [0.717, 1.165) is 6.42 Å². The van der Waals surface area contributed by atoms with Gasteiger partial charge in [-0.2, -0.15) is 0 Å². The van der Waals surface area contributed by atoms with Crippen LogP contribution in [0, 0.1) is 0 Å². The van der Waals surface area contributed by atoms with Crippen LogP contribution in [-0.4, -0.2) is 12.6 Å². The maximum atomic E-state index is 10.5. The monoisotopic (exact) mass is 280 g/mol. The van der Waals surface area contributed by atoms with Gasteiger partial charge >= 0.3 is 5.97 Å². The Morgan fingerprint density at radius 1 is 0.850 bits per heavy atom. The third-order valence-corrected chi connectivity index (χ3v) is 3.16. The molecule has 0 saturated heterocycles. The smallest absolute Gasteiger partial charge is 0.302 e. The number of rotatable bonds is 13. The lowest BCUT2D eigenvalue weighted by Crippen LogP contribution is -1.99. The molecule has 0 saturated carbocycles. The minimum Gasteiger partial charge on any atom is -0.466 e. The summed E-state index contributed by atoms with van der Waals surface area (Å²) in [5.74, 6) is -0.164. The molecule has 0 spiro atoms. The largest absolute Gasteiger partial charge is 0.466 e. The van der Waals surface area contributed by atoms with Gasteiger partial charge in [0.05, 0.1) is 6.61 Å². The van der Waals surface area contributed by atoms with Crippen LogP contribution in [0.25, 0.3) is 0 Å². The van der Waals surface area contributed by atoms with Crippen molar-refractivity contribution in [1.82, 2.24) is 0 Å². The van der Waals surface area contributed by atoms with Crippen LogP contribution in [0.1, 0.15) is 78.1 Å². The summed E-state index contributed by atoms with van der Waals surface area (Å²) in [6.45, 7) is 4.25. The standard InChI is InChI=1S/C18H32O2/c1-3-4-5-6-7-8-9-10-11-12-13-14-15-16-17-20-18(2)19/h5-8H,3-4,9-17H2,1-2H3. The molecular formula is C18H32O2. The van der Waals surface area contributed by atoms with Crippen LogP contribution in [0.2, 0.25) is 0 Å². The van der Waals surface area contributed by atoms with Crippen LogP contribution in [0.5, 0.6) is 0 Å². The van der Waals surface area contributed by atoms with Crippen molar-refractivity contribution in [1.29, 1.82) is 0 Å². The van der Waals surface area contributed by atoms with Gasteiger partial charge in [0.1, 0.15) is 0 Å². The molecule has 0 fully saturated rings. The zero-order chi connectivity index (χ0) is 14.9. The van der Waals surface area contributed by atoms with Gasteiger partial charge in [0.2, 0.25) is 0 Å². The molecule has 2 nitrogen and oxygen atoms in total. The fourth-order valence-corrected chi connectivity index (χ4v) is 1.98. The third kappa shape index (κ3) is 16.9. The molecule has 0 bridgehead atoms. The highest BCUT2D eigenvalue weighted by molar-refractivity contribution is 5.65. The van der Waals surface area contributed by atoms with E-state index in [1.54, 1.807) is 0 Å². The zero-order valence-corrected chi connectivity index (χ0v) is 13.4. The van der Waals surface area contributed by atoms with Crippen molar-refractivity contribution in [3.63, 3.8) is 0 Å². The highest BCUT2D eigenvalue weighted by atomic mass is 16.5. The van der Waals surface area contributed by atoms with Crippen LogP contribution in [0.3, 0.4) is 0 Å². The van der Waals surface area contributed by atoms with Crippen molar-refractivity contribution in [2.24, 2.45) is 0 Å². The fourth-order valence-electron chi connectivity index (χ4n) is 1.98. The van der Waals surface area contributed by atoms with Crippen molar-refractivity contribution in [2.75, 3.05) is 6.61 Å². The van der Waals surface area contributed by atoms with Crippen LogP contribution < -0.4 is 0 Å². The number of unbranched alkanes of at least 4 members (excludes halogenated alkanes) is 8. The van der Waals surface area contributed by atoms with E-state index in [1.165, 1.54) is 64.7 Å². The number of ether oxygens (including phenoxy) is 1. The van der Waals surface area contributed by atoms with Gasteiger partial charge in [0.15, 0.2) is 0 Å². The summed E-state index contributed by atoms with van der Waals surface area (Å²) >= 11 is 0. The maximum Gasteiger partial charge on any atom is 0.302 e. The van der Waals surface area contributed by atoms with E-state index in [9.17, 15) is 4.79 Å². The summed E-state index contributed by atoms with van der Waals surface area (Å²) < 4.78 is 4.90. The van der Waals surface area contributed by atoms with Gasteiger partial charge in [-0.15, -0.1) is 0 Å². The summed E-state index contributed by atoms with van der Waals surface area (Å²) in [6, 6.07) is 0. The average molecular weight is 280 g/mol. The Morgan fingerprint density at radius 2 is 1.40 bits per heavy atom. The van der Waals surface area contributed by atoms with Crippen molar-refractivity contribution in [3.8, 4) is 0 Å². The van der Waals surface area contributed by atoms with Crippen molar-refractivity contribution < 1.29 is 9.53 Å². The molecule has 0 rings (SSSR count). The highest BCUT2D eigenvalue weighted by Crippen LogP contribution is 2.09. The molecule has 0 radical (unpaired) electrons. The minimum absolute atomic E-state index is 0.164. The second-order valence-electron chi connectivity index (χ2n) is 5.25. The fraction of sp³-hybridized carbons (Fsp3) is 0.722. The predicted octanol–water partition coefficient (Wildman–Crippen LogP) is 5.58. The number of hydrogen-bond donors (Lipinski definition) is 0. The quantitative estimate of drug-likeness (QED) is 0.250. The molecule has 0 heterocycles. The van der Waals surface area contributed by atoms with Crippen molar-refractivity contribution in [3.05, 3.63) is 24.3 Å². The Kier molecular flexibility index (Phi) is 15.2. The highest BCUT2D eigenvalue weighted by Gasteiger charge is 1.94. The van der Waals surface area contributed by atoms with Crippen molar-refractivity contribution >= 4 is 5.97 Å². The molecule has 0 atom stereocenters. The molecule has 0 aromatic rings. The van der Waals surface area contributed by atoms with E-state index < -0.39 is 0 Å². The number of hydrogen-bond acceptors (Lipinski definition) is 2. The molecule has 116 valence electrons. The SMILES string of the molecule is CCCC=CC=CCCCCCCCCCOC(C)=O. The molecule has 0 aromatic heterocycles. The molecule has 0 aliphatic carbocycles. The van der Waals surface area contributed by atoms with Gasteiger partial charge in [-0.05, 0) is 25.7 Å². The lowest BCUT2D eigenvalue weighted by molar-refractivity contribution is -0.141. The Hall–Kier alpha value is -1.05. The first kappa shape index (κ1) is 18.9. The van der Waals surface area contributed by atoms with E-state index in [1.807, 2.05) is 0 Å². The van der Waals surface area contributed by atoms with Crippen LogP contribution in [0.15, 0.2) is 24.3 Å². The number of carbonyl (C=O) groups excluding carboxylic acids is 1. The van der Waals surface area contributed by atoms with Gasteiger partial charge in [0, 0.05) is 6.92 Å². The lowest BCUT2D eigenvalue weighted by atomic mass is 10.1. The number of carbonyl (C=O) groups is 1. The zero-order valence-electron chi connectivity index (χ0n) is 13.4. The predicted molar refractivity (Wildman–Crippen MR) is 86.8 cm³/mol. The summed E-state index contributed by atoms with van der Waals surface area (Å²) in [5, 5.41) is 0. The van der Waals surface area contributed by atoms with Crippen LogP contribution in [0.4, 0.5) is 0 Å². The third-order valence-electron chi connectivity index (χ3n) is 3.16. The lowest BCUT2D eigenvalue weighted by Gasteiger charge is -2.02. The van der Waals surface area contributed by atoms with E-state index in [4.69, 9.17) is 4.74 Å². The van der Waals surface area contributed by atoms with Gasteiger partial charge in [-0.3, -0.25) is 4.79 Å². The molecule has 0 aliphatic heterocycles. The molecule has 0 unspecified atom stereocenters. The normalized spacial score (nSPS) is 11.5. The first-order chi connectivity index (χ1) is 9.77. The number of allylic oxidation sites excluding steroid dienone is 4. The second kappa shape index (κ2) is 16.0. The average Bonchev–Trinajstić information content (AvgIpc) is 2.43. The summed E-state index contributed by atoms with van der Waals surface area (Å²) in [6.07, 6.45) is 21.1. The van der Waals surface area contributed by atoms with E-state index in [0.29, 0.717) is 6.61 Å². The topological polar surface area (TPSA) is 26.3 Å². The van der Waals surface area contributed by atoms with Gasteiger partial charge in [-0.25, -0.2) is 0 Å². The minimum atomic E-state index is -0.164. The van der Waals surface area contributed by atoms with Crippen LogP contribution >= 0.6 is 0 Å². The van der Waals surface area contributed by atoms with E-state index in [2.05, 4.69) is 31.2 Å². The summed E-state index contributed by atoms with van der Waals surface area (Å²) in [4.78, 5) is 10.5. The van der Waals surface area contributed by atoms with Crippen LogP contribution in [-0.2, 0) is 9.53 Å². The maximum absolute atomic E-state index is 10.5. The molecule has 0 aromatic carbocycles. The Labute approximate surface area is 125 Å². The molecule has 0 N–H and O–H groups in total.